The van der Waals surface area contributed by atoms with Crippen LogP contribution < -0.4 is 10.6 Å². The van der Waals surface area contributed by atoms with E-state index in [0.717, 1.165) is 5.69 Å². The van der Waals surface area contributed by atoms with Crippen LogP contribution in [0.15, 0.2) is 24.3 Å². The molecule has 0 spiro atoms. The van der Waals surface area contributed by atoms with Crippen molar-refractivity contribution in [2.24, 2.45) is 5.92 Å². The van der Waals surface area contributed by atoms with Crippen LogP contribution in [0.5, 0.6) is 0 Å². The molecule has 132 valence electrons. The monoisotopic (exact) mass is 345 g/mol. The van der Waals surface area contributed by atoms with Gasteiger partial charge in [-0.05, 0) is 23.6 Å². The molecule has 0 bridgehead atoms. The van der Waals surface area contributed by atoms with Crippen LogP contribution in [0.1, 0.15) is 36.8 Å². The average Bonchev–Trinajstić information content (AvgIpc) is 2.95. The fourth-order valence-corrected chi connectivity index (χ4v) is 2.94. The van der Waals surface area contributed by atoms with Crippen molar-refractivity contribution in [3.05, 3.63) is 47.0 Å². The van der Waals surface area contributed by atoms with Gasteiger partial charge in [0.2, 0.25) is 11.8 Å². The van der Waals surface area contributed by atoms with E-state index in [1.54, 1.807) is 16.8 Å². The lowest BCUT2D eigenvalue weighted by Gasteiger charge is -2.26. The smallest absolute Gasteiger partial charge is 0.245 e. The molecule has 3 rings (SSSR count). The summed E-state index contributed by atoms with van der Waals surface area (Å²) in [6.07, 6.45) is 0.0899. The van der Waals surface area contributed by atoms with Gasteiger partial charge in [-0.25, -0.2) is 9.07 Å². The summed E-state index contributed by atoms with van der Waals surface area (Å²) in [6, 6.07) is 5.55. The summed E-state index contributed by atoms with van der Waals surface area (Å²) in [6.45, 7) is 4.44. The Kier molecular flexibility index (Phi) is 4.78. The van der Waals surface area contributed by atoms with E-state index >= 15 is 0 Å². The Morgan fingerprint density at radius 3 is 3.00 bits per heavy atom. The molecule has 1 aromatic heterocycles. The van der Waals surface area contributed by atoms with Gasteiger partial charge in [0.25, 0.3) is 0 Å². The van der Waals surface area contributed by atoms with Gasteiger partial charge in [0.1, 0.15) is 17.6 Å². The van der Waals surface area contributed by atoms with Crippen LogP contribution in [0, 0.1) is 11.7 Å². The molecule has 7 nitrogen and oxygen atoms in total. The van der Waals surface area contributed by atoms with Gasteiger partial charge in [0.05, 0.1) is 25.2 Å². The molecule has 0 fully saturated rings. The number of carbonyl (C=O) groups excluding carboxylic acids is 2. The van der Waals surface area contributed by atoms with Crippen LogP contribution in [0.3, 0.4) is 0 Å². The number of rotatable bonds is 5. The van der Waals surface area contributed by atoms with Crippen molar-refractivity contribution >= 4 is 11.8 Å². The molecular formula is C17H20FN5O2. The third-order valence-corrected chi connectivity index (χ3v) is 4.17. The molecule has 1 unspecified atom stereocenters. The number of hydrogen-bond acceptors (Lipinski definition) is 4. The largest absolute Gasteiger partial charge is 0.350 e. The third kappa shape index (κ3) is 3.67. The molecule has 2 aromatic rings. The first-order valence-corrected chi connectivity index (χ1v) is 8.17. The van der Waals surface area contributed by atoms with Crippen LogP contribution in [0.2, 0.25) is 0 Å². The Balaban J connectivity index is 1.66. The SMILES string of the molecule is CC(C)C1C(=O)NCc2c(CNC(=O)Cc3cccc(F)c3)nnn21. The van der Waals surface area contributed by atoms with Gasteiger partial charge in [-0.1, -0.05) is 31.2 Å². The van der Waals surface area contributed by atoms with Gasteiger partial charge >= 0.3 is 0 Å². The van der Waals surface area contributed by atoms with E-state index in [1.165, 1.54) is 12.1 Å². The maximum atomic E-state index is 13.2. The minimum Gasteiger partial charge on any atom is -0.350 e. The van der Waals surface area contributed by atoms with Crippen molar-refractivity contribution in [1.82, 2.24) is 25.6 Å². The number of fused-ring (bicyclic) bond motifs is 1. The Hall–Kier alpha value is -2.77. The number of carbonyl (C=O) groups is 2. The number of nitrogens with zero attached hydrogens (tertiary/aromatic N) is 3. The molecule has 0 saturated heterocycles. The number of hydrogen-bond donors (Lipinski definition) is 2. The first-order valence-electron chi connectivity index (χ1n) is 8.17. The van der Waals surface area contributed by atoms with Crippen molar-refractivity contribution in [2.75, 3.05) is 0 Å². The van der Waals surface area contributed by atoms with Crippen LogP contribution >= 0.6 is 0 Å². The maximum Gasteiger partial charge on any atom is 0.245 e. The number of halogens is 1. The van der Waals surface area contributed by atoms with E-state index in [4.69, 9.17) is 0 Å². The topological polar surface area (TPSA) is 88.9 Å². The second-order valence-electron chi connectivity index (χ2n) is 6.42. The van der Waals surface area contributed by atoms with Crippen molar-refractivity contribution in [3.8, 4) is 0 Å². The molecule has 1 aliphatic heterocycles. The second-order valence-corrected chi connectivity index (χ2v) is 6.42. The highest BCUT2D eigenvalue weighted by Gasteiger charge is 2.32. The molecule has 1 atom stereocenters. The van der Waals surface area contributed by atoms with E-state index in [9.17, 15) is 14.0 Å². The summed E-state index contributed by atoms with van der Waals surface area (Å²) < 4.78 is 14.8. The minimum absolute atomic E-state index is 0.0749. The lowest BCUT2D eigenvalue weighted by Crippen LogP contribution is -2.42. The zero-order chi connectivity index (χ0) is 18.0. The molecule has 25 heavy (non-hydrogen) atoms. The summed E-state index contributed by atoms with van der Waals surface area (Å²) in [5, 5.41) is 13.8. The van der Waals surface area contributed by atoms with Gasteiger partial charge in [-0.2, -0.15) is 0 Å². The zero-order valence-electron chi connectivity index (χ0n) is 14.1. The van der Waals surface area contributed by atoms with Gasteiger partial charge < -0.3 is 10.6 Å². The first kappa shape index (κ1) is 17.1. The highest BCUT2D eigenvalue weighted by Crippen LogP contribution is 2.24. The summed E-state index contributed by atoms with van der Waals surface area (Å²) in [5.74, 6) is -0.592. The average molecular weight is 345 g/mol. The van der Waals surface area contributed by atoms with Gasteiger partial charge in [0.15, 0.2) is 0 Å². The summed E-state index contributed by atoms with van der Waals surface area (Å²) in [4.78, 5) is 24.1. The van der Waals surface area contributed by atoms with E-state index in [1.807, 2.05) is 13.8 Å². The van der Waals surface area contributed by atoms with Gasteiger partial charge in [-0.3, -0.25) is 9.59 Å². The van der Waals surface area contributed by atoms with E-state index in [0.29, 0.717) is 17.8 Å². The van der Waals surface area contributed by atoms with Gasteiger partial charge in [-0.15, -0.1) is 5.10 Å². The molecule has 2 amide bonds. The van der Waals surface area contributed by atoms with Crippen molar-refractivity contribution < 1.29 is 14.0 Å². The molecule has 1 aromatic carbocycles. The molecule has 2 N–H and O–H groups in total. The van der Waals surface area contributed by atoms with Gasteiger partial charge in [0, 0.05) is 0 Å². The predicted molar refractivity (Wildman–Crippen MR) is 87.7 cm³/mol. The fraction of sp³-hybridized carbons (Fsp3) is 0.412. The number of nitrogens with one attached hydrogen (secondary N) is 2. The molecule has 2 heterocycles. The van der Waals surface area contributed by atoms with Crippen LogP contribution in [-0.4, -0.2) is 26.8 Å². The van der Waals surface area contributed by atoms with E-state index < -0.39 is 6.04 Å². The fourth-order valence-electron chi connectivity index (χ4n) is 2.94. The number of aromatic nitrogens is 3. The van der Waals surface area contributed by atoms with Crippen molar-refractivity contribution in [1.29, 1.82) is 0 Å². The predicted octanol–water partition coefficient (Wildman–Crippen LogP) is 1.10. The summed E-state index contributed by atoms with van der Waals surface area (Å²) in [5.41, 5.74) is 2.03. The van der Waals surface area contributed by atoms with Crippen molar-refractivity contribution in [2.45, 2.75) is 39.4 Å². The second kappa shape index (κ2) is 7.00. The minimum atomic E-state index is -0.395. The van der Waals surface area contributed by atoms with Crippen molar-refractivity contribution in [3.63, 3.8) is 0 Å². The highest BCUT2D eigenvalue weighted by atomic mass is 19.1. The van der Waals surface area contributed by atoms with E-state index in [2.05, 4.69) is 20.9 Å². The normalized spacial score (nSPS) is 16.5. The summed E-state index contributed by atoms with van der Waals surface area (Å²) in [7, 11) is 0. The first-order chi connectivity index (χ1) is 12.0. The zero-order valence-corrected chi connectivity index (χ0v) is 14.1. The lowest BCUT2D eigenvalue weighted by atomic mass is 10.0. The molecule has 1 aliphatic rings. The van der Waals surface area contributed by atoms with Crippen LogP contribution in [0.4, 0.5) is 4.39 Å². The Morgan fingerprint density at radius 1 is 1.48 bits per heavy atom. The number of benzene rings is 1. The maximum absolute atomic E-state index is 13.2. The highest BCUT2D eigenvalue weighted by molar-refractivity contribution is 5.81. The Morgan fingerprint density at radius 2 is 2.28 bits per heavy atom. The third-order valence-electron chi connectivity index (χ3n) is 4.17. The molecule has 8 heteroatoms. The van der Waals surface area contributed by atoms with Crippen LogP contribution in [0.25, 0.3) is 0 Å². The molecular weight excluding hydrogens is 325 g/mol. The standard InChI is InChI=1S/C17H20FN5O2/c1-10(2)16-17(25)20-9-14-13(21-22-23(14)16)8-19-15(24)7-11-4-3-5-12(18)6-11/h3-6,10,16H,7-9H2,1-2H3,(H,19,24)(H,20,25). The quantitative estimate of drug-likeness (QED) is 0.849. The molecule has 0 aliphatic carbocycles. The van der Waals surface area contributed by atoms with E-state index in [-0.39, 0.29) is 36.5 Å². The Bertz CT molecular complexity index is 802. The molecule has 0 saturated carbocycles. The summed E-state index contributed by atoms with van der Waals surface area (Å²) >= 11 is 0. The Labute approximate surface area is 144 Å². The molecule has 0 radical (unpaired) electrons. The number of amides is 2. The lowest BCUT2D eigenvalue weighted by molar-refractivity contribution is -0.127. The van der Waals surface area contributed by atoms with Crippen LogP contribution in [-0.2, 0) is 29.1 Å².